The van der Waals surface area contributed by atoms with Gasteiger partial charge in [-0.25, -0.2) is 4.79 Å². The Morgan fingerprint density at radius 3 is 2.44 bits per heavy atom. The Morgan fingerprint density at radius 2 is 1.72 bits per heavy atom. The number of nitrogens with one attached hydrogen (secondary N) is 2. The summed E-state index contributed by atoms with van der Waals surface area (Å²) in [4.78, 5) is 30.1. The zero-order valence-corrected chi connectivity index (χ0v) is 20.5. The van der Waals surface area contributed by atoms with Crippen molar-refractivity contribution in [2.75, 3.05) is 12.4 Å². The molecule has 1 saturated carbocycles. The number of benzene rings is 3. The van der Waals surface area contributed by atoms with E-state index in [1.54, 1.807) is 12.1 Å². The molecule has 2 aliphatic rings. The van der Waals surface area contributed by atoms with E-state index in [1.165, 1.54) is 44.8 Å². The van der Waals surface area contributed by atoms with E-state index < -0.39 is 11.9 Å². The van der Waals surface area contributed by atoms with Gasteiger partial charge in [0.2, 0.25) is 5.91 Å². The van der Waals surface area contributed by atoms with Crippen molar-refractivity contribution in [1.29, 1.82) is 0 Å². The van der Waals surface area contributed by atoms with Gasteiger partial charge in [0.05, 0.1) is 24.1 Å². The lowest BCUT2D eigenvalue weighted by Crippen LogP contribution is -2.30. The predicted molar refractivity (Wildman–Crippen MR) is 142 cm³/mol. The summed E-state index contributed by atoms with van der Waals surface area (Å²) in [6.07, 6.45) is 6.50. The highest BCUT2D eigenvalue weighted by molar-refractivity contribution is 6.24. The number of carbonyl (C=O) groups excluding carboxylic acids is 2. The van der Waals surface area contributed by atoms with Gasteiger partial charge < -0.3 is 15.4 Å². The Kier molecular flexibility index (Phi) is 7.23. The van der Waals surface area contributed by atoms with Crippen LogP contribution in [0, 0.1) is 0 Å². The second kappa shape index (κ2) is 10.9. The van der Waals surface area contributed by atoms with Crippen molar-refractivity contribution >= 4 is 29.0 Å². The minimum atomic E-state index is -0.582. The van der Waals surface area contributed by atoms with Crippen molar-refractivity contribution in [2.24, 2.45) is 4.99 Å². The number of carbonyl (C=O) groups is 2. The van der Waals surface area contributed by atoms with Gasteiger partial charge in [0.1, 0.15) is 5.92 Å². The summed E-state index contributed by atoms with van der Waals surface area (Å²) in [7, 11) is 1.34. The first-order valence-electron chi connectivity index (χ1n) is 12.6. The highest BCUT2D eigenvalue weighted by Crippen LogP contribution is 2.37. The van der Waals surface area contributed by atoms with Crippen molar-refractivity contribution in [3.63, 3.8) is 0 Å². The third-order valence-electron chi connectivity index (χ3n) is 7.03. The average molecular weight is 482 g/mol. The lowest BCUT2D eigenvalue weighted by atomic mass is 9.90. The Balaban J connectivity index is 1.43. The molecule has 2 N–H and O–H groups in total. The lowest BCUT2D eigenvalue weighted by Gasteiger charge is -2.22. The van der Waals surface area contributed by atoms with Crippen LogP contribution in [-0.2, 0) is 16.1 Å². The predicted octanol–water partition coefficient (Wildman–Crippen LogP) is 5.75. The summed E-state index contributed by atoms with van der Waals surface area (Å²) in [5.41, 5.74) is 5.37. The van der Waals surface area contributed by atoms with E-state index in [9.17, 15) is 9.59 Å². The number of aliphatic imine (C=N–C) groups is 1. The fourth-order valence-corrected chi connectivity index (χ4v) is 5.08. The highest BCUT2D eigenvalue weighted by atomic mass is 16.5. The van der Waals surface area contributed by atoms with Crippen LogP contribution in [0.1, 0.15) is 65.1 Å². The van der Waals surface area contributed by atoms with E-state index in [0.717, 1.165) is 23.4 Å². The number of rotatable bonds is 7. The van der Waals surface area contributed by atoms with Crippen LogP contribution in [0.25, 0.3) is 0 Å². The number of methoxy groups -OCH3 is 1. The summed E-state index contributed by atoms with van der Waals surface area (Å²) in [6, 6.07) is 23.8. The van der Waals surface area contributed by atoms with Gasteiger partial charge in [-0.1, -0.05) is 67.8 Å². The smallest absolute Gasteiger partial charge is 0.337 e. The van der Waals surface area contributed by atoms with E-state index in [1.807, 2.05) is 48.5 Å². The minimum absolute atomic E-state index is 0.164. The second-order valence-corrected chi connectivity index (χ2v) is 9.46. The topological polar surface area (TPSA) is 79.8 Å². The second-order valence-electron chi connectivity index (χ2n) is 9.46. The van der Waals surface area contributed by atoms with Crippen LogP contribution in [0.3, 0.4) is 0 Å². The molecule has 1 heterocycles. The maximum atomic E-state index is 13.2. The first kappa shape index (κ1) is 23.9. The fourth-order valence-electron chi connectivity index (χ4n) is 5.08. The van der Waals surface area contributed by atoms with Crippen LogP contribution in [0.5, 0.6) is 0 Å². The van der Waals surface area contributed by atoms with Gasteiger partial charge in [-0.15, -0.1) is 0 Å². The molecular weight excluding hydrogens is 450 g/mol. The van der Waals surface area contributed by atoms with E-state index in [2.05, 4.69) is 22.8 Å². The van der Waals surface area contributed by atoms with Crippen LogP contribution in [0.15, 0.2) is 77.8 Å². The molecule has 3 aromatic carbocycles. The van der Waals surface area contributed by atoms with E-state index in [-0.39, 0.29) is 5.91 Å². The summed E-state index contributed by atoms with van der Waals surface area (Å²) in [6.45, 7) is 0.848. The molecule has 0 aromatic heterocycles. The Morgan fingerprint density at radius 1 is 0.972 bits per heavy atom. The number of amides is 1. The van der Waals surface area contributed by atoms with Crippen molar-refractivity contribution in [1.82, 2.24) is 5.32 Å². The van der Waals surface area contributed by atoms with Crippen LogP contribution in [-0.4, -0.2) is 30.7 Å². The van der Waals surface area contributed by atoms with Crippen molar-refractivity contribution < 1.29 is 14.3 Å². The highest BCUT2D eigenvalue weighted by Gasteiger charge is 2.36. The Hall–Kier alpha value is -3.77. The van der Waals surface area contributed by atoms with Gasteiger partial charge in [-0.05, 0) is 53.8 Å². The largest absolute Gasteiger partial charge is 0.465 e. The van der Waals surface area contributed by atoms with Gasteiger partial charge >= 0.3 is 5.97 Å². The molecule has 0 spiro atoms. The van der Waals surface area contributed by atoms with Gasteiger partial charge in [0.15, 0.2) is 0 Å². The molecule has 0 radical (unpaired) electrons. The number of nitrogens with zero attached hydrogens (tertiary/aromatic N) is 1. The van der Waals surface area contributed by atoms with Gasteiger partial charge in [0, 0.05) is 18.3 Å². The third-order valence-corrected chi connectivity index (χ3v) is 7.03. The quantitative estimate of drug-likeness (QED) is 0.333. The van der Waals surface area contributed by atoms with E-state index >= 15 is 0 Å². The molecule has 1 atom stereocenters. The number of anilines is 1. The normalized spacial score (nSPS) is 18.0. The number of hydrogen-bond acceptors (Lipinski definition) is 5. The maximum absolute atomic E-state index is 13.2. The van der Waals surface area contributed by atoms with Crippen molar-refractivity contribution in [3.05, 3.63) is 95.1 Å². The molecule has 3 aromatic rings. The van der Waals surface area contributed by atoms with E-state index in [0.29, 0.717) is 23.0 Å². The van der Waals surface area contributed by atoms with Crippen molar-refractivity contribution in [2.45, 2.75) is 50.6 Å². The zero-order valence-electron chi connectivity index (χ0n) is 20.5. The summed E-state index contributed by atoms with van der Waals surface area (Å²) >= 11 is 0. The molecule has 1 aliphatic heterocycles. The molecule has 0 saturated heterocycles. The molecule has 1 unspecified atom stereocenters. The molecular formula is C30H31N3O3. The molecule has 6 nitrogen and oxygen atoms in total. The lowest BCUT2D eigenvalue weighted by molar-refractivity contribution is -0.115. The molecule has 184 valence electrons. The van der Waals surface area contributed by atoms with Crippen LogP contribution >= 0.6 is 0 Å². The van der Waals surface area contributed by atoms with Gasteiger partial charge in [-0.3, -0.25) is 9.79 Å². The molecule has 1 aliphatic carbocycles. The number of hydrogen-bond donors (Lipinski definition) is 2. The number of fused-ring (bicyclic) bond motifs is 1. The summed E-state index contributed by atoms with van der Waals surface area (Å²) in [5, 5.41) is 6.60. The van der Waals surface area contributed by atoms with Crippen molar-refractivity contribution in [3.8, 4) is 0 Å². The van der Waals surface area contributed by atoms with Crippen LogP contribution < -0.4 is 10.6 Å². The number of esters is 1. The maximum Gasteiger partial charge on any atom is 0.337 e. The van der Waals surface area contributed by atoms with Crippen LogP contribution in [0.2, 0.25) is 0 Å². The van der Waals surface area contributed by atoms with Crippen LogP contribution in [0.4, 0.5) is 11.4 Å². The molecule has 6 heteroatoms. The first-order valence-corrected chi connectivity index (χ1v) is 12.6. The third kappa shape index (κ3) is 5.24. The molecule has 36 heavy (non-hydrogen) atoms. The average Bonchev–Trinajstić information content (AvgIpc) is 3.26. The minimum Gasteiger partial charge on any atom is -0.465 e. The monoisotopic (exact) mass is 481 g/mol. The zero-order chi connectivity index (χ0) is 24.9. The SMILES string of the molecule is COC(=O)c1ccc2c(c1)NC(=O)C2C(=Nc1ccc(CNC2CCCCC2)cc1)c1ccccc1. The molecule has 5 rings (SSSR count). The molecule has 1 fully saturated rings. The van der Waals surface area contributed by atoms with Gasteiger partial charge in [-0.2, -0.15) is 0 Å². The first-order chi connectivity index (χ1) is 17.6. The summed E-state index contributed by atoms with van der Waals surface area (Å²) in [5.74, 6) is -1.19. The summed E-state index contributed by atoms with van der Waals surface area (Å²) < 4.78 is 4.83. The molecule has 0 bridgehead atoms. The molecule has 1 amide bonds. The Labute approximate surface area is 211 Å². The fraction of sp³-hybridized carbons (Fsp3) is 0.300. The van der Waals surface area contributed by atoms with E-state index in [4.69, 9.17) is 9.73 Å². The van der Waals surface area contributed by atoms with Gasteiger partial charge in [0.25, 0.3) is 0 Å². The number of ether oxygens (including phenoxy) is 1. The standard InChI is InChI=1S/C30H31N3O3/c1-36-30(35)22-14-17-25-26(18-22)33-29(34)27(25)28(21-8-4-2-5-9-21)32-24-15-12-20(13-16-24)19-31-23-10-6-3-7-11-23/h2,4-5,8-9,12-18,23,27,31H,3,6-7,10-11,19H2,1H3,(H,33,34). The Bertz CT molecular complexity index is 1260.